The highest BCUT2D eigenvalue weighted by Crippen LogP contribution is 2.44. The summed E-state index contributed by atoms with van der Waals surface area (Å²) in [6.45, 7) is 6.88. The van der Waals surface area contributed by atoms with Gasteiger partial charge in [0.1, 0.15) is 0 Å². The number of piperidine rings is 1. The number of hydrogen-bond acceptors (Lipinski definition) is 6. The van der Waals surface area contributed by atoms with Crippen LogP contribution < -0.4 is 9.80 Å². The predicted molar refractivity (Wildman–Crippen MR) is 121 cm³/mol. The molecule has 2 fully saturated rings. The first-order chi connectivity index (χ1) is 16.2. The summed E-state index contributed by atoms with van der Waals surface area (Å²) in [6.07, 6.45) is 3.46. The second kappa shape index (κ2) is 9.77. The molecular weight excluding hydrogens is 449 g/mol. The normalized spacial score (nSPS) is 19.6. The minimum absolute atomic E-state index is 0.171. The van der Waals surface area contributed by atoms with Gasteiger partial charge in [0.2, 0.25) is 5.95 Å². The average molecular weight is 479 g/mol. The van der Waals surface area contributed by atoms with Crippen LogP contribution in [0.25, 0.3) is 0 Å². The Morgan fingerprint density at radius 3 is 2.35 bits per heavy atom. The standard InChI is InChI=1S/C22H28N4O.C2HF3O2/c1-17-14-23-21(24-15-17)25-10-8-22(9-11-25)19-4-2-3-5-20(19)26(12-13-27-22)16-18-6-7-18;3-2(4,5)1(6)7/h2-5,14-15,18H,6-13,16H2,1H3;(H,6,7). The van der Waals surface area contributed by atoms with Crippen LogP contribution in [0.15, 0.2) is 36.7 Å². The number of fused-ring (bicyclic) bond motifs is 2. The third kappa shape index (κ3) is 5.60. The fourth-order valence-electron chi connectivity index (χ4n) is 4.52. The SMILES string of the molecule is Cc1cnc(N2CCC3(CC2)OCCN(CC2CC2)c2ccccc23)nc1.O=C(O)C(F)(F)F. The van der Waals surface area contributed by atoms with Gasteiger partial charge in [-0.1, -0.05) is 18.2 Å². The number of carbonyl (C=O) groups is 1. The molecule has 0 unspecified atom stereocenters. The van der Waals surface area contributed by atoms with Crippen LogP contribution in [0.2, 0.25) is 0 Å². The largest absolute Gasteiger partial charge is 0.490 e. The molecule has 0 bridgehead atoms. The van der Waals surface area contributed by atoms with Crippen LogP contribution in [-0.4, -0.2) is 60.0 Å². The molecule has 2 aromatic rings. The van der Waals surface area contributed by atoms with Crippen LogP contribution in [0.3, 0.4) is 0 Å². The molecule has 3 aliphatic rings. The van der Waals surface area contributed by atoms with E-state index in [4.69, 9.17) is 14.6 Å². The van der Waals surface area contributed by atoms with Gasteiger partial charge in [-0.2, -0.15) is 13.2 Å². The Bertz CT molecular complexity index is 988. The molecule has 1 N–H and O–H groups in total. The van der Waals surface area contributed by atoms with E-state index in [9.17, 15) is 13.2 Å². The van der Waals surface area contributed by atoms with Gasteiger partial charge in [0.05, 0.1) is 12.2 Å². The number of halogens is 3. The molecule has 1 aliphatic carbocycles. The molecule has 1 saturated heterocycles. The fourth-order valence-corrected chi connectivity index (χ4v) is 4.52. The van der Waals surface area contributed by atoms with Crippen molar-refractivity contribution in [1.82, 2.24) is 9.97 Å². The number of nitrogens with zero attached hydrogens (tertiary/aromatic N) is 4. The van der Waals surface area contributed by atoms with Gasteiger partial charge >= 0.3 is 12.1 Å². The van der Waals surface area contributed by atoms with Gasteiger partial charge in [0, 0.05) is 49.8 Å². The third-order valence-corrected chi connectivity index (χ3v) is 6.51. The van der Waals surface area contributed by atoms with E-state index in [0.29, 0.717) is 0 Å². The Morgan fingerprint density at radius 1 is 1.15 bits per heavy atom. The highest BCUT2D eigenvalue weighted by atomic mass is 19.4. The molecule has 0 amide bonds. The summed E-state index contributed by atoms with van der Waals surface area (Å²) in [5.41, 5.74) is 3.70. The van der Waals surface area contributed by atoms with Crippen molar-refractivity contribution in [2.45, 2.75) is 44.4 Å². The maximum Gasteiger partial charge on any atom is 0.490 e. The minimum Gasteiger partial charge on any atom is -0.475 e. The Kier molecular flexibility index (Phi) is 6.97. The first-order valence-electron chi connectivity index (χ1n) is 11.5. The second-order valence-corrected chi connectivity index (χ2v) is 9.10. The number of carboxylic acids is 1. The molecule has 1 spiro atoms. The Balaban J connectivity index is 0.000000344. The topological polar surface area (TPSA) is 78.8 Å². The summed E-state index contributed by atoms with van der Waals surface area (Å²) in [4.78, 5) is 22.8. The molecule has 0 atom stereocenters. The first kappa shape index (κ1) is 24.3. The summed E-state index contributed by atoms with van der Waals surface area (Å²) in [5, 5.41) is 7.12. The number of aliphatic carboxylic acids is 1. The lowest BCUT2D eigenvalue weighted by Crippen LogP contribution is -2.44. The van der Waals surface area contributed by atoms with Gasteiger partial charge in [-0.15, -0.1) is 0 Å². The zero-order valence-corrected chi connectivity index (χ0v) is 19.1. The highest BCUT2D eigenvalue weighted by Gasteiger charge is 2.42. The van der Waals surface area contributed by atoms with Crippen molar-refractivity contribution < 1.29 is 27.8 Å². The van der Waals surface area contributed by atoms with Crippen LogP contribution in [0.1, 0.15) is 36.8 Å². The number of aryl methyl sites for hydroxylation is 1. The minimum atomic E-state index is -5.08. The molecule has 5 rings (SSSR count). The smallest absolute Gasteiger partial charge is 0.475 e. The van der Waals surface area contributed by atoms with Crippen molar-refractivity contribution in [2.24, 2.45) is 5.92 Å². The van der Waals surface area contributed by atoms with Gasteiger partial charge in [-0.3, -0.25) is 0 Å². The van der Waals surface area contributed by atoms with Crippen LogP contribution in [0, 0.1) is 12.8 Å². The lowest BCUT2D eigenvalue weighted by molar-refractivity contribution is -0.192. The number of ether oxygens (including phenoxy) is 1. The van der Waals surface area contributed by atoms with E-state index in [1.165, 1.54) is 30.6 Å². The summed E-state index contributed by atoms with van der Waals surface area (Å²) in [6, 6.07) is 8.93. The quantitative estimate of drug-likeness (QED) is 0.710. The Hall–Kier alpha value is -2.88. The second-order valence-electron chi connectivity index (χ2n) is 9.10. The van der Waals surface area contributed by atoms with E-state index in [-0.39, 0.29) is 5.60 Å². The van der Waals surface area contributed by atoms with Gasteiger partial charge in [0.15, 0.2) is 0 Å². The van der Waals surface area contributed by atoms with Gasteiger partial charge in [-0.25, -0.2) is 14.8 Å². The summed E-state index contributed by atoms with van der Waals surface area (Å²) in [5.74, 6) is -1.03. The lowest BCUT2D eigenvalue weighted by Gasteiger charge is -2.42. The number of rotatable bonds is 3. The van der Waals surface area contributed by atoms with Crippen molar-refractivity contribution in [3.8, 4) is 0 Å². The zero-order valence-electron chi connectivity index (χ0n) is 19.1. The maximum atomic E-state index is 10.6. The molecule has 1 aromatic heterocycles. The predicted octanol–water partition coefficient (Wildman–Crippen LogP) is 4.16. The molecule has 2 aliphatic heterocycles. The fraction of sp³-hybridized carbons (Fsp3) is 0.542. The molecule has 3 heterocycles. The first-order valence-corrected chi connectivity index (χ1v) is 11.5. The molecular formula is C24H29F3N4O3. The van der Waals surface area contributed by atoms with Crippen molar-refractivity contribution in [1.29, 1.82) is 0 Å². The van der Waals surface area contributed by atoms with Gasteiger partial charge in [0.25, 0.3) is 0 Å². The average Bonchev–Trinajstić information content (AvgIpc) is 3.64. The number of aromatic nitrogens is 2. The van der Waals surface area contributed by atoms with E-state index < -0.39 is 12.1 Å². The molecule has 7 nitrogen and oxygen atoms in total. The van der Waals surface area contributed by atoms with E-state index in [0.717, 1.165) is 56.5 Å². The Morgan fingerprint density at radius 2 is 1.76 bits per heavy atom. The third-order valence-electron chi connectivity index (χ3n) is 6.51. The van der Waals surface area contributed by atoms with Crippen molar-refractivity contribution in [3.05, 3.63) is 47.8 Å². The van der Waals surface area contributed by atoms with Gasteiger partial charge in [-0.05, 0) is 50.2 Å². The van der Waals surface area contributed by atoms with Crippen molar-refractivity contribution >= 4 is 17.6 Å². The van der Waals surface area contributed by atoms with Crippen LogP contribution in [-0.2, 0) is 15.1 Å². The maximum absolute atomic E-state index is 10.6. The molecule has 1 saturated carbocycles. The monoisotopic (exact) mass is 478 g/mol. The molecule has 1 aromatic carbocycles. The molecule has 184 valence electrons. The lowest BCUT2D eigenvalue weighted by atomic mass is 9.83. The number of carboxylic acid groups (broad SMARTS) is 1. The molecule has 34 heavy (non-hydrogen) atoms. The van der Waals surface area contributed by atoms with Gasteiger partial charge < -0.3 is 19.6 Å². The highest BCUT2D eigenvalue weighted by molar-refractivity contribution is 5.73. The number of hydrogen-bond donors (Lipinski definition) is 1. The number of anilines is 2. The van der Waals surface area contributed by atoms with Crippen LogP contribution >= 0.6 is 0 Å². The summed E-state index contributed by atoms with van der Waals surface area (Å²) in [7, 11) is 0. The zero-order chi connectivity index (χ0) is 24.3. The number of benzene rings is 1. The summed E-state index contributed by atoms with van der Waals surface area (Å²) >= 11 is 0. The molecule has 10 heteroatoms. The number of para-hydroxylation sites is 1. The van der Waals surface area contributed by atoms with Crippen molar-refractivity contribution in [3.63, 3.8) is 0 Å². The number of alkyl halides is 3. The molecule has 0 radical (unpaired) electrons. The van der Waals surface area contributed by atoms with E-state index in [1.54, 1.807) is 0 Å². The van der Waals surface area contributed by atoms with Crippen molar-refractivity contribution in [2.75, 3.05) is 42.6 Å². The summed E-state index contributed by atoms with van der Waals surface area (Å²) < 4.78 is 38.3. The van der Waals surface area contributed by atoms with E-state index in [2.05, 4.69) is 44.0 Å². The van der Waals surface area contributed by atoms with E-state index in [1.807, 2.05) is 19.3 Å². The Labute approximate surface area is 196 Å². The van der Waals surface area contributed by atoms with E-state index >= 15 is 0 Å². The van der Waals surface area contributed by atoms with Crippen LogP contribution in [0.5, 0.6) is 0 Å². The van der Waals surface area contributed by atoms with Crippen LogP contribution in [0.4, 0.5) is 24.8 Å².